The van der Waals surface area contributed by atoms with Gasteiger partial charge >= 0.3 is 0 Å². The third kappa shape index (κ3) is 2.23. The first-order valence-electron chi connectivity index (χ1n) is 6.59. The van der Waals surface area contributed by atoms with Crippen LogP contribution in [0.3, 0.4) is 0 Å². The lowest BCUT2D eigenvalue weighted by molar-refractivity contribution is 0.174. The SMILES string of the molecule is Cc1nc(CC(O)c2nn(C)c3ccccc23)sc1C. The fourth-order valence-electron chi connectivity index (χ4n) is 2.38. The maximum absolute atomic E-state index is 10.5. The van der Waals surface area contributed by atoms with E-state index in [2.05, 4.69) is 17.0 Å². The van der Waals surface area contributed by atoms with E-state index in [-0.39, 0.29) is 0 Å². The van der Waals surface area contributed by atoms with Crippen molar-refractivity contribution >= 4 is 22.2 Å². The number of aliphatic hydroxyl groups is 1. The summed E-state index contributed by atoms with van der Waals surface area (Å²) in [6.45, 7) is 4.05. The van der Waals surface area contributed by atoms with E-state index >= 15 is 0 Å². The van der Waals surface area contributed by atoms with Crippen LogP contribution in [0.15, 0.2) is 24.3 Å². The van der Waals surface area contributed by atoms with Crippen LogP contribution in [0.25, 0.3) is 10.9 Å². The molecule has 0 bridgehead atoms. The van der Waals surface area contributed by atoms with Crippen molar-refractivity contribution in [3.63, 3.8) is 0 Å². The summed E-state index contributed by atoms with van der Waals surface area (Å²) >= 11 is 1.64. The molecular weight excluding hydrogens is 270 g/mol. The van der Waals surface area contributed by atoms with Crippen LogP contribution in [0.5, 0.6) is 0 Å². The first-order valence-corrected chi connectivity index (χ1v) is 7.40. The number of rotatable bonds is 3. The molecule has 0 saturated heterocycles. The van der Waals surface area contributed by atoms with Gasteiger partial charge in [-0.2, -0.15) is 5.10 Å². The zero-order valence-electron chi connectivity index (χ0n) is 11.8. The van der Waals surface area contributed by atoms with Crippen LogP contribution in [-0.2, 0) is 13.5 Å². The number of nitrogens with zero attached hydrogens (tertiary/aromatic N) is 3. The minimum atomic E-state index is -0.619. The number of fused-ring (bicyclic) bond motifs is 1. The molecular formula is C15H17N3OS. The number of aromatic nitrogens is 3. The predicted molar refractivity (Wildman–Crippen MR) is 81.0 cm³/mol. The van der Waals surface area contributed by atoms with Crippen LogP contribution in [0.1, 0.15) is 27.4 Å². The molecule has 3 rings (SSSR count). The first-order chi connectivity index (χ1) is 9.56. The zero-order valence-corrected chi connectivity index (χ0v) is 12.6. The van der Waals surface area contributed by atoms with Crippen LogP contribution in [0, 0.1) is 13.8 Å². The summed E-state index contributed by atoms with van der Waals surface area (Å²) in [5.41, 5.74) is 2.81. The average molecular weight is 287 g/mol. The Hall–Kier alpha value is -1.72. The number of aryl methyl sites for hydroxylation is 3. The summed E-state index contributed by atoms with van der Waals surface area (Å²) in [6, 6.07) is 7.96. The quantitative estimate of drug-likeness (QED) is 0.806. The number of aliphatic hydroxyl groups excluding tert-OH is 1. The van der Waals surface area contributed by atoms with Crippen molar-refractivity contribution in [1.29, 1.82) is 0 Å². The van der Waals surface area contributed by atoms with Crippen molar-refractivity contribution in [2.75, 3.05) is 0 Å². The smallest absolute Gasteiger partial charge is 0.105 e. The van der Waals surface area contributed by atoms with Crippen molar-refractivity contribution in [2.45, 2.75) is 26.4 Å². The minimum Gasteiger partial charge on any atom is -0.386 e. The van der Waals surface area contributed by atoms with Crippen molar-refractivity contribution in [1.82, 2.24) is 14.8 Å². The summed E-state index contributed by atoms with van der Waals surface area (Å²) in [5.74, 6) is 0. The molecule has 0 saturated carbocycles. The standard InChI is InChI=1S/C15H17N3OS/c1-9-10(2)20-14(16-9)8-13(19)15-11-6-4-5-7-12(11)18(3)17-15/h4-7,13,19H,8H2,1-3H3. The normalized spacial score (nSPS) is 13.0. The van der Waals surface area contributed by atoms with Crippen LogP contribution in [0.2, 0.25) is 0 Å². The van der Waals surface area contributed by atoms with Gasteiger partial charge in [0.05, 0.1) is 21.9 Å². The van der Waals surface area contributed by atoms with Gasteiger partial charge in [0.15, 0.2) is 0 Å². The van der Waals surface area contributed by atoms with Crippen molar-refractivity contribution in [3.8, 4) is 0 Å². The Morgan fingerprint density at radius 2 is 2.05 bits per heavy atom. The molecule has 1 atom stereocenters. The lowest BCUT2D eigenvalue weighted by Crippen LogP contribution is -2.03. The average Bonchev–Trinajstić information content (AvgIpc) is 2.91. The Morgan fingerprint density at radius 3 is 2.75 bits per heavy atom. The molecule has 1 unspecified atom stereocenters. The molecule has 1 N–H and O–H groups in total. The molecule has 20 heavy (non-hydrogen) atoms. The Morgan fingerprint density at radius 1 is 1.30 bits per heavy atom. The van der Waals surface area contributed by atoms with Crippen molar-refractivity contribution < 1.29 is 5.11 Å². The maximum atomic E-state index is 10.5. The van der Waals surface area contributed by atoms with Gasteiger partial charge in [-0.3, -0.25) is 4.68 Å². The monoisotopic (exact) mass is 287 g/mol. The van der Waals surface area contributed by atoms with Crippen LogP contribution in [-0.4, -0.2) is 19.9 Å². The molecule has 0 radical (unpaired) electrons. The van der Waals surface area contributed by atoms with Crippen LogP contribution < -0.4 is 0 Å². The fraction of sp³-hybridized carbons (Fsp3) is 0.333. The Balaban J connectivity index is 1.94. The van der Waals surface area contributed by atoms with E-state index in [0.717, 1.165) is 27.3 Å². The van der Waals surface area contributed by atoms with Gasteiger partial charge in [-0.1, -0.05) is 18.2 Å². The largest absolute Gasteiger partial charge is 0.386 e. The Kier molecular flexibility index (Phi) is 3.31. The van der Waals surface area contributed by atoms with Crippen LogP contribution in [0.4, 0.5) is 0 Å². The molecule has 1 aromatic carbocycles. The summed E-state index contributed by atoms with van der Waals surface area (Å²) in [5, 5.41) is 16.9. The van der Waals surface area contributed by atoms with E-state index in [0.29, 0.717) is 6.42 Å². The lowest BCUT2D eigenvalue weighted by Gasteiger charge is -2.05. The highest BCUT2D eigenvalue weighted by Crippen LogP contribution is 2.27. The number of hydrogen-bond donors (Lipinski definition) is 1. The molecule has 0 fully saturated rings. The molecule has 0 spiro atoms. The molecule has 2 aromatic heterocycles. The van der Waals surface area contributed by atoms with Gasteiger partial charge in [0.2, 0.25) is 0 Å². The molecule has 5 heteroatoms. The highest BCUT2D eigenvalue weighted by atomic mass is 32.1. The predicted octanol–water partition coefficient (Wildman–Crippen LogP) is 2.92. The third-order valence-corrected chi connectivity index (χ3v) is 4.64. The molecule has 0 aliphatic heterocycles. The van der Waals surface area contributed by atoms with Gasteiger partial charge in [0.1, 0.15) is 6.10 Å². The summed E-state index contributed by atoms with van der Waals surface area (Å²) in [7, 11) is 1.90. The van der Waals surface area contributed by atoms with Gasteiger partial charge in [-0.15, -0.1) is 11.3 Å². The van der Waals surface area contributed by atoms with Gasteiger partial charge < -0.3 is 5.11 Å². The molecule has 0 aliphatic rings. The number of hydrogen-bond acceptors (Lipinski definition) is 4. The van der Waals surface area contributed by atoms with Gasteiger partial charge in [-0.05, 0) is 19.9 Å². The summed E-state index contributed by atoms with van der Waals surface area (Å²) in [6.07, 6.45) is -0.105. The molecule has 3 aromatic rings. The summed E-state index contributed by atoms with van der Waals surface area (Å²) in [4.78, 5) is 5.69. The van der Waals surface area contributed by atoms with E-state index in [1.165, 1.54) is 4.88 Å². The van der Waals surface area contributed by atoms with Gasteiger partial charge in [0, 0.05) is 23.7 Å². The lowest BCUT2D eigenvalue weighted by atomic mass is 10.1. The zero-order chi connectivity index (χ0) is 14.3. The summed E-state index contributed by atoms with van der Waals surface area (Å²) < 4.78 is 1.81. The second-order valence-electron chi connectivity index (χ2n) is 5.00. The molecule has 4 nitrogen and oxygen atoms in total. The maximum Gasteiger partial charge on any atom is 0.105 e. The topological polar surface area (TPSA) is 50.9 Å². The van der Waals surface area contributed by atoms with Crippen LogP contribution >= 0.6 is 11.3 Å². The van der Waals surface area contributed by atoms with Gasteiger partial charge in [-0.25, -0.2) is 4.98 Å². The van der Waals surface area contributed by atoms with Crippen molar-refractivity contribution in [3.05, 3.63) is 45.5 Å². The van der Waals surface area contributed by atoms with E-state index < -0.39 is 6.10 Å². The molecule has 0 aliphatic carbocycles. The number of benzene rings is 1. The van der Waals surface area contributed by atoms with Gasteiger partial charge in [0.25, 0.3) is 0 Å². The third-order valence-electron chi connectivity index (χ3n) is 3.54. The van der Waals surface area contributed by atoms with Crippen molar-refractivity contribution in [2.24, 2.45) is 7.05 Å². The highest BCUT2D eigenvalue weighted by Gasteiger charge is 2.18. The second-order valence-corrected chi connectivity index (χ2v) is 6.28. The first kappa shape index (κ1) is 13.3. The molecule has 104 valence electrons. The Bertz CT molecular complexity index is 740. The molecule has 0 amide bonds. The fourth-order valence-corrected chi connectivity index (χ4v) is 3.35. The highest BCUT2D eigenvalue weighted by molar-refractivity contribution is 7.11. The number of para-hydroxylation sites is 1. The number of thiazole rings is 1. The minimum absolute atomic E-state index is 0.514. The van der Waals surface area contributed by atoms with E-state index in [4.69, 9.17) is 0 Å². The molecule has 2 heterocycles. The van der Waals surface area contributed by atoms with E-state index in [1.54, 1.807) is 11.3 Å². The second kappa shape index (κ2) is 5.00. The van der Waals surface area contributed by atoms with E-state index in [9.17, 15) is 5.11 Å². The Labute approximate surface area is 121 Å². The van der Waals surface area contributed by atoms with E-state index in [1.807, 2.05) is 42.9 Å².